The van der Waals surface area contributed by atoms with E-state index < -0.39 is 30.0 Å². The number of nitrogens with zero attached hydrogens (tertiary/aromatic N) is 1. The molecular formula is C9H6Cl2F3NO2. The molecule has 0 aliphatic carbocycles. The fraction of sp³-hybridized carbons (Fsp3) is 0.333. The van der Waals surface area contributed by atoms with Gasteiger partial charge in [-0.15, -0.1) is 0 Å². The van der Waals surface area contributed by atoms with Crippen molar-refractivity contribution >= 4 is 29.2 Å². The van der Waals surface area contributed by atoms with E-state index in [0.717, 1.165) is 12.3 Å². The maximum Gasteiger partial charge on any atom is 0.396 e. The maximum absolute atomic E-state index is 12.7. The zero-order valence-electron chi connectivity index (χ0n) is 8.13. The summed E-state index contributed by atoms with van der Waals surface area (Å²) in [5.74, 6) is -3.77. The number of carboxylic acids is 1. The third-order valence-electron chi connectivity index (χ3n) is 2.00. The van der Waals surface area contributed by atoms with E-state index in [1.165, 1.54) is 0 Å². The molecule has 0 spiro atoms. The summed E-state index contributed by atoms with van der Waals surface area (Å²) in [7, 11) is 0. The van der Waals surface area contributed by atoms with Crippen LogP contribution in [0.2, 0.25) is 10.2 Å². The Morgan fingerprint density at radius 2 is 2.06 bits per heavy atom. The van der Waals surface area contributed by atoms with Crippen LogP contribution in [0.3, 0.4) is 0 Å². The van der Waals surface area contributed by atoms with Crippen LogP contribution in [0.5, 0.6) is 0 Å². The highest BCUT2D eigenvalue weighted by atomic mass is 35.5. The molecular weight excluding hydrogens is 282 g/mol. The Hall–Kier alpha value is -1.01. The molecule has 1 rings (SSSR count). The van der Waals surface area contributed by atoms with Crippen molar-refractivity contribution in [2.24, 2.45) is 0 Å². The fourth-order valence-electron chi connectivity index (χ4n) is 1.25. The van der Waals surface area contributed by atoms with Gasteiger partial charge in [0.1, 0.15) is 5.15 Å². The smallest absolute Gasteiger partial charge is 0.396 e. The summed E-state index contributed by atoms with van der Waals surface area (Å²) >= 11 is 11.0. The van der Waals surface area contributed by atoms with Gasteiger partial charge in [0, 0.05) is 16.8 Å². The summed E-state index contributed by atoms with van der Waals surface area (Å²) in [6.45, 7) is 0. The van der Waals surface area contributed by atoms with Gasteiger partial charge in [0.2, 0.25) is 0 Å². The molecule has 0 bridgehead atoms. The van der Waals surface area contributed by atoms with Gasteiger partial charge in [0.25, 0.3) is 0 Å². The number of carbonyl (C=O) groups is 1. The number of rotatable bonds is 3. The minimum atomic E-state index is -4.71. The standard InChI is InChI=1S/C9H6Cl2F3NO2/c10-6-2-7(11)15-3-4(6)5(1-8(16)17)9(12,13)14/h2-3,5H,1H2,(H,16,17). The van der Waals surface area contributed by atoms with Crippen LogP contribution in [-0.2, 0) is 4.79 Å². The van der Waals surface area contributed by atoms with Crippen molar-refractivity contribution in [2.75, 3.05) is 0 Å². The van der Waals surface area contributed by atoms with E-state index in [4.69, 9.17) is 28.3 Å². The number of halogens is 5. The predicted octanol–water partition coefficient (Wildman–Crippen LogP) is 3.51. The Morgan fingerprint density at radius 3 is 2.47 bits per heavy atom. The summed E-state index contributed by atoms with van der Waals surface area (Å²) in [6, 6.07) is 1.04. The average Bonchev–Trinajstić information content (AvgIpc) is 2.13. The largest absolute Gasteiger partial charge is 0.481 e. The van der Waals surface area contributed by atoms with Crippen LogP contribution in [0.25, 0.3) is 0 Å². The second kappa shape index (κ2) is 5.10. The first-order valence-corrected chi connectivity index (χ1v) is 5.07. The molecule has 1 atom stereocenters. The Morgan fingerprint density at radius 1 is 1.47 bits per heavy atom. The summed E-state index contributed by atoms with van der Waals surface area (Å²) in [4.78, 5) is 13.9. The highest BCUT2D eigenvalue weighted by Gasteiger charge is 2.43. The third-order valence-corrected chi connectivity index (χ3v) is 2.53. The van der Waals surface area contributed by atoms with Gasteiger partial charge < -0.3 is 5.11 Å². The normalized spacial score (nSPS) is 13.5. The third kappa shape index (κ3) is 3.74. The minimum absolute atomic E-state index is 0.0602. The molecule has 17 heavy (non-hydrogen) atoms. The molecule has 3 nitrogen and oxygen atoms in total. The van der Waals surface area contributed by atoms with Crippen LogP contribution < -0.4 is 0 Å². The summed E-state index contributed by atoms with van der Waals surface area (Å²) in [5.41, 5.74) is -0.397. The molecule has 0 amide bonds. The van der Waals surface area contributed by atoms with E-state index in [9.17, 15) is 18.0 Å². The van der Waals surface area contributed by atoms with Gasteiger partial charge in [0.05, 0.1) is 12.3 Å². The quantitative estimate of drug-likeness (QED) is 0.866. The molecule has 0 aromatic carbocycles. The van der Waals surface area contributed by atoms with E-state index in [2.05, 4.69) is 4.98 Å². The first kappa shape index (κ1) is 14.1. The highest BCUT2D eigenvalue weighted by molar-refractivity contribution is 6.34. The molecule has 0 aliphatic heterocycles. The molecule has 0 aliphatic rings. The first-order valence-electron chi connectivity index (χ1n) is 4.31. The average molecular weight is 288 g/mol. The molecule has 1 aromatic rings. The summed E-state index contributed by atoms with van der Waals surface area (Å²) < 4.78 is 38.0. The number of carboxylic acid groups (broad SMARTS) is 1. The molecule has 0 saturated carbocycles. The lowest BCUT2D eigenvalue weighted by Crippen LogP contribution is -2.24. The lowest BCUT2D eigenvalue weighted by Gasteiger charge is -2.19. The molecule has 1 N–H and O–H groups in total. The van der Waals surface area contributed by atoms with Crippen LogP contribution in [0.4, 0.5) is 13.2 Å². The lowest BCUT2D eigenvalue weighted by molar-refractivity contribution is -0.163. The van der Waals surface area contributed by atoms with Crippen LogP contribution >= 0.6 is 23.2 Å². The Labute approximate surface area is 104 Å². The van der Waals surface area contributed by atoms with Crippen LogP contribution in [-0.4, -0.2) is 22.2 Å². The molecule has 1 unspecified atom stereocenters. The van der Waals surface area contributed by atoms with Crippen LogP contribution in [0.1, 0.15) is 17.9 Å². The van der Waals surface area contributed by atoms with E-state index >= 15 is 0 Å². The van der Waals surface area contributed by atoms with Gasteiger partial charge in [-0.2, -0.15) is 13.2 Å². The number of alkyl halides is 3. The van der Waals surface area contributed by atoms with Gasteiger partial charge in [-0.05, 0) is 6.07 Å². The van der Waals surface area contributed by atoms with Crippen LogP contribution in [0.15, 0.2) is 12.3 Å². The van der Waals surface area contributed by atoms with Gasteiger partial charge in [-0.1, -0.05) is 23.2 Å². The van der Waals surface area contributed by atoms with E-state index in [1.807, 2.05) is 0 Å². The molecule has 8 heteroatoms. The van der Waals surface area contributed by atoms with Gasteiger partial charge in [-0.3, -0.25) is 4.79 Å². The molecule has 0 fully saturated rings. The van der Waals surface area contributed by atoms with E-state index in [-0.39, 0.29) is 10.2 Å². The fourth-order valence-corrected chi connectivity index (χ4v) is 1.75. The Bertz CT molecular complexity index is 437. The SMILES string of the molecule is O=C(O)CC(c1cnc(Cl)cc1Cl)C(F)(F)F. The van der Waals surface area contributed by atoms with Crippen LogP contribution in [0, 0.1) is 0 Å². The predicted molar refractivity (Wildman–Crippen MR) is 55.3 cm³/mol. The Balaban J connectivity index is 3.17. The van der Waals surface area contributed by atoms with Crippen molar-refractivity contribution in [3.05, 3.63) is 28.0 Å². The monoisotopic (exact) mass is 287 g/mol. The number of aromatic nitrogens is 1. The zero-order valence-corrected chi connectivity index (χ0v) is 9.64. The highest BCUT2D eigenvalue weighted by Crippen LogP contribution is 2.40. The van der Waals surface area contributed by atoms with Gasteiger partial charge in [-0.25, -0.2) is 4.98 Å². The number of hydrogen-bond donors (Lipinski definition) is 1. The number of hydrogen-bond acceptors (Lipinski definition) is 2. The second-order valence-electron chi connectivity index (χ2n) is 3.22. The molecule has 0 saturated heterocycles. The van der Waals surface area contributed by atoms with Crippen molar-refractivity contribution in [1.82, 2.24) is 4.98 Å². The van der Waals surface area contributed by atoms with Crippen molar-refractivity contribution in [3.8, 4) is 0 Å². The number of pyridine rings is 1. The molecule has 94 valence electrons. The van der Waals surface area contributed by atoms with Crippen molar-refractivity contribution in [1.29, 1.82) is 0 Å². The molecule has 0 radical (unpaired) electrons. The number of aliphatic carboxylic acids is 1. The van der Waals surface area contributed by atoms with Crippen molar-refractivity contribution in [2.45, 2.75) is 18.5 Å². The van der Waals surface area contributed by atoms with E-state index in [0.29, 0.717) is 0 Å². The van der Waals surface area contributed by atoms with Gasteiger partial charge >= 0.3 is 12.1 Å². The van der Waals surface area contributed by atoms with Gasteiger partial charge in [0.15, 0.2) is 0 Å². The topological polar surface area (TPSA) is 50.2 Å². The summed E-state index contributed by atoms with van der Waals surface area (Å²) in [6.07, 6.45) is -4.98. The maximum atomic E-state index is 12.7. The zero-order chi connectivity index (χ0) is 13.2. The van der Waals surface area contributed by atoms with E-state index in [1.54, 1.807) is 0 Å². The first-order chi connectivity index (χ1) is 7.71. The minimum Gasteiger partial charge on any atom is -0.481 e. The lowest BCUT2D eigenvalue weighted by atomic mass is 9.96. The second-order valence-corrected chi connectivity index (χ2v) is 4.02. The molecule has 1 aromatic heterocycles. The molecule has 1 heterocycles. The van der Waals surface area contributed by atoms with Crippen molar-refractivity contribution < 1.29 is 23.1 Å². The van der Waals surface area contributed by atoms with Crippen molar-refractivity contribution in [3.63, 3.8) is 0 Å². The summed E-state index contributed by atoms with van der Waals surface area (Å²) in [5, 5.41) is 8.15. The Kier molecular flexibility index (Phi) is 4.21.